The molecular weight excluding hydrogens is 454 g/mol. The van der Waals surface area contributed by atoms with Gasteiger partial charge in [0.05, 0.1) is 12.3 Å². The highest BCUT2D eigenvalue weighted by molar-refractivity contribution is 8.00. The van der Waals surface area contributed by atoms with Gasteiger partial charge < -0.3 is 9.64 Å². The van der Waals surface area contributed by atoms with Gasteiger partial charge in [-0.15, -0.1) is 0 Å². The molecule has 2 aromatic rings. The summed E-state index contributed by atoms with van der Waals surface area (Å²) in [7, 11) is 0. The van der Waals surface area contributed by atoms with Gasteiger partial charge in [-0.2, -0.15) is 8.78 Å². The highest BCUT2D eigenvalue weighted by atomic mass is 32.2. The first-order valence-electron chi connectivity index (χ1n) is 10.1. The van der Waals surface area contributed by atoms with Gasteiger partial charge in [0, 0.05) is 24.6 Å². The van der Waals surface area contributed by atoms with Gasteiger partial charge in [-0.25, -0.2) is 19.5 Å². The molecule has 2 heterocycles. The van der Waals surface area contributed by atoms with Crippen LogP contribution in [-0.4, -0.2) is 45.3 Å². The molecular formula is C22H24F2N4O4S. The van der Waals surface area contributed by atoms with Crippen LogP contribution < -0.4 is 10.2 Å². The fraction of sp³-hybridized carbons (Fsp3) is 0.364. The monoisotopic (exact) mass is 478 g/mol. The molecule has 4 amide bonds. The standard InChI is InChI=1S/C22H24F2N4O4S/c1-5-32-19(30)26-17-12-14(10-11-25-17)13-27-20(31)28(18(29)21(27,2)3)15-6-8-16(9-7-15)33-22(4,23)24/h6-12H,5,13H2,1-4H3,(H,25,26,30). The lowest BCUT2D eigenvalue weighted by Gasteiger charge is -2.27. The maximum Gasteiger partial charge on any atom is 0.412 e. The topological polar surface area (TPSA) is 91.8 Å². The molecule has 0 unspecified atom stereocenters. The second-order valence-corrected chi connectivity index (χ2v) is 9.26. The van der Waals surface area contributed by atoms with E-state index in [-0.39, 0.29) is 19.0 Å². The number of ether oxygens (including phenoxy) is 1. The van der Waals surface area contributed by atoms with E-state index >= 15 is 0 Å². The van der Waals surface area contributed by atoms with Crippen molar-refractivity contribution in [1.29, 1.82) is 0 Å². The number of nitrogens with one attached hydrogen (secondary N) is 1. The summed E-state index contributed by atoms with van der Waals surface area (Å²) in [6.07, 6.45) is 0.827. The van der Waals surface area contributed by atoms with Crippen molar-refractivity contribution in [2.45, 2.75) is 49.9 Å². The number of hydrogen-bond donors (Lipinski definition) is 1. The van der Waals surface area contributed by atoms with Crippen LogP contribution in [0.4, 0.5) is 29.9 Å². The average Bonchev–Trinajstić information content (AvgIpc) is 2.88. The van der Waals surface area contributed by atoms with Gasteiger partial charge in [-0.3, -0.25) is 10.1 Å². The van der Waals surface area contributed by atoms with Crippen molar-refractivity contribution in [2.24, 2.45) is 0 Å². The molecule has 1 aliphatic heterocycles. The minimum absolute atomic E-state index is 0.0874. The van der Waals surface area contributed by atoms with Crippen molar-refractivity contribution in [3.8, 4) is 0 Å². The summed E-state index contributed by atoms with van der Waals surface area (Å²) in [6, 6.07) is 8.55. The van der Waals surface area contributed by atoms with E-state index in [1.165, 1.54) is 35.4 Å². The number of rotatable bonds is 7. The summed E-state index contributed by atoms with van der Waals surface area (Å²) in [6.45, 7) is 6.04. The van der Waals surface area contributed by atoms with E-state index in [1.807, 2.05) is 0 Å². The van der Waals surface area contributed by atoms with E-state index in [0.29, 0.717) is 27.9 Å². The molecule has 176 valence electrons. The van der Waals surface area contributed by atoms with Crippen LogP contribution in [0.2, 0.25) is 0 Å². The third-order valence-electron chi connectivity index (χ3n) is 4.89. The molecule has 0 bridgehead atoms. The van der Waals surface area contributed by atoms with Gasteiger partial charge in [0.2, 0.25) is 0 Å². The number of alkyl halides is 2. The SMILES string of the molecule is CCOC(=O)Nc1cc(CN2C(=O)N(c3ccc(SC(C)(F)F)cc3)C(=O)C2(C)C)ccn1. The summed E-state index contributed by atoms with van der Waals surface area (Å²) in [5.41, 5.74) is -0.215. The summed E-state index contributed by atoms with van der Waals surface area (Å²) in [5, 5.41) is -0.443. The van der Waals surface area contributed by atoms with E-state index in [0.717, 1.165) is 11.8 Å². The van der Waals surface area contributed by atoms with Crippen molar-refractivity contribution in [3.63, 3.8) is 0 Å². The highest BCUT2D eigenvalue weighted by Gasteiger charge is 2.51. The number of aromatic nitrogens is 1. The number of imide groups is 1. The Morgan fingerprint density at radius 3 is 2.48 bits per heavy atom. The first-order chi connectivity index (χ1) is 15.4. The zero-order chi connectivity index (χ0) is 24.4. The fourth-order valence-corrected chi connectivity index (χ4v) is 3.98. The normalized spacial score (nSPS) is 15.7. The Hall–Kier alpha value is -3.21. The molecule has 3 rings (SSSR count). The van der Waals surface area contributed by atoms with Gasteiger partial charge in [0.1, 0.15) is 11.4 Å². The molecule has 1 N–H and O–H groups in total. The maximum absolute atomic E-state index is 13.2. The fourth-order valence-electron chi connectivity index (χ4n) is 3.29. The van der Waals surface area contributed by atoms with Crippen LogP contribution in [-0.2, 0) is 16.1 Å². The Morgan fingerprint density at radius 1 is 1.21 bits per heavy atom. The van der Waals surface area contributed by atoms with E-state index in [2.05, 4.69) is 10.3 Å². The van der Waals surface area contributed by atoms with Crippen molar-refractivity contribution < 1.29 is 27.9 Å². The third kappa shape index (κ3) is 5.59. The predicted molar refractivity (Wildman–Crippen MR) is 120 cm³/mol. The van der Waals surface area contributed by atoms with Crippen LogP contribution in [0, 0.1) is 0 Å². The van der Waals surface area contributed by atoms with Crippen molar-refractivity contribution in [1.82, 2.24) is 9.88 Å². The third-order valence-corrected chi connectivity index (χ3v) is 5.75. The maximum atomic E-state index is 13.2. The van der Waals surface area contributed by atoms with Gasteiger partial charge in [0.15, 0.2) is 0 Å². The van der Waals surface area contributed by atoms with E-state index in [4.69, 9.17) is 4.74 Å². The molecule has 1 aromatic heterocycles. The second-order valence-electron chi connectivity index (χ2n) is 7.87. The van der Waals surface area contributed by atoms with Crippen LogP contribution in [0.3, 0.4) is 0 Å². The minimum Gasteiger partial charge on any atom is -0.450 e. The van der Waals surface area contributed by atoms with Crippen molar-refractivity contribution in [3.05, 3.63) is 48.2 Å². The summed E-state index contributed by atoms with van der Waals surface area (Å²) < 4.78 is 31.3. The van der Waals surface area contributed by atoms with Crippen LogP contribution >= 0.6 is 11.8 Å². The number of amides is 4. The van der Waals surface area contributed by atoms with Crippen LogP contribution in [0.25, 0.3) is 0 Å². The molecule has 1 aromatic carbocycles. The smallest absolute Gasteiger partial charge is 0.412 e. The number of thioether (sulfide) groups is 1. The number of anilines is 2. The van der Waals surface area contributed by atoms with E-state index in [9.17, 15) is 23.2 Å². The number of benzene rings is 1. The summed E-state index contributed by atoms with van der Waals surface area (Å²) >= 11 is 0.387. The molecule has 0 saturated carbocycles. The largest absolute Gasteiger partial charge is 0.450 e. The molecule has 1 aliphatic rings. The predicted octanol–water partition coefficient (Wildman–Crippen LogP) is 5.10. The van der Waals surface area contributed by atoms with E-state index in [1.54, 1.807) is 32.9 Å². The number of nitrogens with zero attached hydrogens (tertiary/aromatic N) is 3. The second kappa shape index (κ2) is 9.34. The Morgan fingerprint density at radius 2 is 1.88 bits per heavy atom. The zero-order valence-corrected chi connectivity index (χ0v) is 19.4. The number of carbonyl (C=O) groups is 3. The lowest BCUT2D eigenvalue weighted by atomic mass is 10.0. The van der Waals surface area contributed by atoms with E-state index < -0.39 is 28.8 Å². The molecule has 0 atom stereocenters. The summed E-state index contributed by atoms with van der Waals surface area (Å²) in [4.78, 5) is 44.7. The van der Waals surface area contributed by atoms with Gasteiger partial charge in [0.25, 0.3) is 11.2 Å². The Labute approximate surface area is 194 Å². The van der Waals surface area contributed by atoms with Gasteiger partial charge in [-0.05, 0) is 62.7 Å². The minimum atomic E-state index is -2.94. The molecule has 0 radical (unpaired) electrons. The Bertz CT molecular complexity index is 1060. The quantitative estimate of drug-likeness (QED) is 0.440. The molecule has 0 aliphatic carbocycles. The number of carbonyl (C=O) groups excluding carboxylic acids is 3. The van der Waals surface area contributed by atoms with Gasteiger partial charge in [-0.1, -0.05) is 11.8 Å². The number of halogens is 2. The lowest BCUT2D eigenvalue weighted by molar-refractivity contribution is -0.123. The first-order valence-corrected chi connectivity index (χ1v) is 11.0. The molecule has 33 heavy (non-hydrogen) atoms. The summed E-state index contributed by atoms with van der Waals surface area (Å²) in [5.74, 6) is -0.188. The van der Waals surface area contributed by atoms with Crippen molar-refractivity contribution in [2.75, 3.05) is 16.8 Å². The number of urea groups is 1. The number of hydrogen-bond acceptors (Lipinski definition) is 6. The lowest BCUT2D eigenvalue weighted by Crippen LogP contribution is -2.43. The Kier molecular flexibility index (Phi) is 6.92. The van der Waals surface area contributed by atoms with Crippen LogP contribution in [0.1, 0.15) is 33.3 Å². The van der Waals surface area contributed by atoms with Crippen LogP contribution in [0.5, 0.6) is 0 Å². The van der Waals surface area contributed by atoms with Crippen LogP contribution in [0.15, 0.2) is 47.5 Å². The Balaban J connectivity index is 1.80. The molecule has 0 spiro atoms. The van der Waals surface area contributed by atoms with Crippen molar-refractivity contribution >= 4 is 41.3 Å². The number of pyridine rings is 1. The molecule has 8 nitrogen and oxygen atoms in total. The first kappa shape index (κ1) is 24.4. The molecule has 1 saturated heterocycles. The zero-order valence-electron chi connectivity index (χ0n) is 18.6. The molecule has 1 fully saturated rings. The molecule has 11 heteroatoms. The highest BCUT2D eigenvalue weighted by Crippen LogP contribution is 2.37. The van der Waals surface area contributed by atoms with Gasteiger partial charge >= 0.3 is 12.1 Å². The average molecular weight is 479 g/mol.